The standard InChI is InChI=1S/C41H54ClF4N5O6S/c1-27(28(2)58(47,54)55)8-12-34(43)38(39(53)48(3)16-17-49-18-19-56-24-37(49)41(44,45)46)51-15-5-7-32(51)22-50-25-40(14-4-6-30-21-31(42)10-11-33(30)40)26-57-36-13-9-29(23-52)20-35(36)50/h9-13,20-21,23,27-28,32,37-38H,4-8,14-19,22,24-26H2,1-3H3,(H2,47,54,55)/b34-12-/t27-,28+,32-,37?,38+,40-/m0/s1. The van der Waals surface area contributed by atoms with Crippen LogP contribution in [0.4, 0.5) is 23.2 Å². The van der Waals surface area contributed by atoms with E-state index in [0.717, 1.165) is 36.7 Å². The number of rotatable bonds is 13. The minimum absolute atomic E-state index is 0.0201. The molecule has 2 fully saturated rings. The van der Waals surface area contributed by atoms with Crippen molar-refractivity contribution in [3.8, 4) is 5.75 Å². The number of carbonyl (C=O) groups is 2. The Balaban J connectivity index is 1.32. The quantitative estimate of drug-likeness (QED) is 0.199. The third kappa shape index (κ3) is 9.84. The van der Waals surface area contributed by atoms with Crippen molar-refractivity contribution in [2.24, 2.45) is 11.1 Å². The Kier molecular flexibility index (Phi) is 13.8. The van der Waals surface area contributed by atoms with Crippen LogP contribution in [0.1, 0.15) is 67.4 Å². The second-order valence-corrected chi connectivity index (χ2v) is 18.8. The third-order valence-corrected chi connectivity index (χ3v) is 14.3. The second-order valence-electron chi connectivity index (χ2n) is 16.4. The lowest BCUT2D eigenvalue weighted by Crippen LogP contribution is -2.57. The van der Waals surface area contributed by atoms with E-state index in [9.17, 15) is 31.2 Å². The van der Waals surface area contributed by atoms with E-state index in [1.54, 1.807) is 25.1 Å². The van der Waals surface area contributed by atoms with Gasteiger partial charge in [-0.25, -0.2) is 17.9 Å². The van der Waals surface area contributed by atoms with Crippen molar-refractivity contribution < 1.29 is 45.0 Å². The van der Waals surface area contributed by atoms with Gasteiger partial charge in [-0.2, -0.15) is 13.2 Å². The molecule has 58 heavy (non-hydrogen) atoms. The number of hydrogen-bond acceptors (Lipinski definition) is 9. The van der Waals surface area contributed by atoms with E-state index in [1.165, 1.54) is 29.8 Å². The molecule has 0 aromatic heterocycles. The van der Waals surface area contributed by atoms with Gasteiger partial charge >= 0.3 is 6.18 Å². The Labute approximate surface area is 343 Å². The SMILES string of the molecule is C[C@H]([C@@H](C)C/C=C(\F)[C@H](C(=O)N(C)CCN1CCOCC1C(F)(F)F)N1CCC[C@H]1CN1C[C@@]2(CCCc3cc(Cl)ccc32)COc2ccc(C=O)cc21)S(N)(=O)=O. The Bertz CT molecular complexity index is 1960. The van der Waals surface area contributed by atoms with E-state index in [-0.39, 0.29) is 38.7 Å². The number of benzene rings is 2. The maximum Gasteiger partial charge on any atom is 0.406 e. The van der Waals surface area contributed by atoms with E-state index in [4.69, 9.17) is 26.2 Å². The van der Waals surface area contributed by atoms with Crippen LogP contribution in [0.5, 0.6) is 5.75 Å². The highest BCUT2D eigenvalue weighted by molar-refractivity contribution is 7.89. The molecule has 1 spiro atoms. The van der Waals surface area contributed by atoms with Crippen LogP contribution in [0.25, 0.3) is 0 Å². The highest BCUT2D eigenvalue weighted by atomic mass is 35.5. The summed E-state index contributed by atoms with van der Waals surface area (Å²) in [7, 11) is -2.45. The zero-order valence-electron chi connectivity index (χ0n) is 33.2. The van der Waals surface area contributed by atoms with Gasteiger partial charge in [-0.1, -0.05) is 30.7 Å². The van der Waals surface area contributed by atoms with E-state index < -0.39 is 63.2 Å². The summed E-state index contributed by atoms with van der Waals surface area (Å²) in [6, 6.07) is 7.61. The number of likely N-dealkylation sites (tertiary alicyclic amines) is 1. The average molecular weight is 856 g/mol. The van der Waals surface area contributed by atoms with Gasteiger partial charge in [-0.05, 0) is 99.4 Å². The summed E-state index contributed by atoms with van der Waals surface area (Å²) < 4.78 is 94.2. The molecule has 2 N–H and O–H groups in total. The van der Waals surface area contributed by atoms with Crippen LogP contribution in [0, 0.1) is 5.92 Å². The maximum atomic E-state index is 16.8. The first-order valence-corrected chi connectivity index (χ1v) is 21.9. The molecule has 6 atom stereocenters. The summed E-state index contributed by atoms with van der Waals surface area (Å²) in [6.07, 6.45) is 1.33. The molecule has 320 valence electrons. The lowest BCUT2D eigenvalue weighted by Gasteiger charge is -2.42. The predicted octanol–water partition coefficient (Wildman–Crippen LogP) is 5.74. The number of primary sulfonamides is 1. The van der Waals surface area contributed by atoms with E-state index >= 15 is 4.39 Å². The number of hydrogen-bond donors (Lipinski definition) is 1. The first kappa shape index (κ1) is 44.3. The van der Waals surface area contributed by atoms with Crippen molar-refractivity contribution in [1.82, 2.24) is 14.7 Å². The molecule has 11 nitrogen and oxygen atoms in total. The molecule has 0 radical (unpaired) electrons. The molecule has 6 rings (SSSR count). The molecule has 2 aromatic carbocycles. The van der Waals surface area contributed by atoms with Gasteiger partial charge in [-0.3, -0.25) is 19.4 Å². The maximum absolute atomic E-state index is 16.8. The smallest absolute Gasteiger partial charge is 0.406 e. The van der Waals surface area contributed by atoms with Crippen LogP contribution in [0.2, 0.25) is 5.02 Å². The first-order valence-electron chi connectivity index (χ1n) is 19.9. The monoisotopic (exact) mass is 855 g/mol. The Morgan fingerprint density at radius 2 is 1.93 bits per heavy atom. The number of nitrogens with two attached hydrogens (primary N) is 1. The number of carbonyl (C=O) groups excluding carboxylic acids is 2. The fourth-order valence-electron chi connectivity index (χ4n) is 9.00. The largest absolute Gasteiger partial charge is 0.490 e. The molecule has 2 aromatic rings. The van der Waals surface area contributed by atoms with Gasteiger partial charge in [0.15, 0.2) is 0 Å². The molecule has 2 saturated heterocycles. The number of halogens is 5. The number of aldehydes is 1. The Morgan fingerprint density at radius 3 is 2.66 bits per heavy atom. The van der Waals surface area contributed by atoms with E-state index in [1.807, 2.05) is 17.0 Å². The normalized spacial score (nSPS) is 25.0. The summed E-state index contributed by atoms with van der Waals surface area (Å²) in [5, 5.41) is 5.06. The second kappa shape index (κ2) is 18.1. The fourth-order valence-corrected chi connectivity index (χ4v) is 9.95. The van der Waals surface area contributed by atoms with Crippen molar-refractivity contribution in [3.05, 3.63) is 70.0 Å². The van der Waals surface area contributed by atoms with Gasteiger partial charge < -0.3 is 19.3 Å². The van der Waals surface area contributed by atoms with Gasteiger partial charge in [0.05, 0.1) is 30.8 Å². The molecule has 0 saturated carbocycles. The summed E-state index contributed by atoms with van der Waals surface area (Å²) >= 11 is 6.43. The number of sulfonamides is 1. The van der Waals surface area contributed by atoms with Crippen LogP contribution in [0.3, 0.4) is 0 Å². The summed E-state index contributed by atoms with van der Waals surface area (Å²) in [4.78, 5) is 33.0. The number of nitrogens with zero attached hydrogens (tertiary/aromatic N) is 4. The molecular formula is C41H54ClF4N5O6S. The average Bonchev–Trinajstić information content (AvgIpc) is 3.57. The molecule has 1 unspecified atom stereocenters. The number of anilines is 1. The molecule has 4 aliphatic rings. The molecule has 0 bridgehead atoms. The number of alkyl halides is 3. The number of ether oxygens (including phenoxy) is 2. The van der Waals surface area contributed by atoms with Crippen molar-refractivity contribution >= 4 is 39.5 Å². The number of fused-ring (bicyclic) bond motifs is 3. The van der Waals surface area contributed by atoms with Gasteiger partial charge in [0.2, 0.25) is 15.9 Å². The highest BCUT2D eigenvalue weighted by Crippen LogP contribution is 2.45. The molecular weight excluding hydrogens is 802 g/mol. The zero-order valence-corrected chi connectivity index (χ0v) is 34.8. The zero-order chi connectivity index (χ0) is 42.0. The predicted molar refractivity (Wildman–Crippen MR) is 215 cm³/mol. The number of aryl methyl sites for hydroxylation is 1. The summed E-state index contributed by atoms with van der Waals surface area (Å²) in [5.74, 6) is -1.37. The lowest BCUT2D eigenvalue weighted by molar-refractivity contribution is -0.211. The third-order valence-electron chi connectivity index (χ3n) is 12.6. The molecule has 3 aliphatic heterocycles. The fraction of sp³-hybridized carbons (Fsp3) is 0.610. The molecule has 3 heterocycles. The van der Waals surface area contributed by atoms with Crippen molar-refractivity contribution in [2.45, 2.75) is 87.3 Å². The van der Waals surface area contributed by atoms with Crippen molar-refractivity contribution in [2.75, 3.05) is 71.0 Å². The lowest BCUT2D eigenvalue weighted by atomic mass is 9.70. The number of amides is 1. The molecule has 1 amide bonds. The van der Waals surface area contributed by atoms with E-state index in [2.05, 4.69) is 11.0 Å². The van der Waals surface area contributed by atoms with E-state index in [0.29, 0.717) is 61.1 Å². The minimum atomic E-state index is -4.52. The first-order chi connectivity index (χ1) is 27.4. The van der Waals surface area contributed by atoms with Crippen molar-refractivity contribution in [1.29, 1.82) is 0 Å². The molecule has 17 heteroatoms. The van der Waals surface area contributed by atoms with Gasteiger partial charge in [-0.15, -0.1) is 0 Å². The summed E-state index contributed by atoms with van der Waals surface area (Å²) in [6.45, 7) is 4.15. The van der Waals surface area contributed by atoms with Gasteiger partial charge in [0, 0.05) is 61.8 Å². The van der Waals surface area contributed by atoms with Crippen molar-refractivity contribution in [3.63, 3.8) is 0 Å². The summed E-state index contributed by atoms with van der Waals surface area (Å²) in [5.41, 5.74) is 3.02. The topological polar surface area (TPSA) is 126 Å². The molecule has 1 aliphatic carbocycles. The van der Waals surface area contributed by atoms with Gasteiger partial charge in [0.25, 0.3) is 0 Å². The van der Waals surface area contributed by atoms with Crippen LogP contribution in [0.15, 0.2) is 48.3 Å². The van der Waals surface area contributed by atoms with Crippen LogP contribution in [-0.2, 0) is 31.4 Å². The highest BCUT2D eigenvalue weighted by Gasteiger charge is 2.47. The minimum Gasteiger partial charge on any atom is -0.490 e. The Hall–Kier alpha value is -3.28. The number of morpholine rings is 1. The Morgan fingerprint density at radius 1 is 1.16 bits per heavy atom. The van der Waals surface area contributed by atoms with Gasteiger partial charge in [0.1, 0.15) is 29.9 Å². The van der Waals surface area contributed by atoms with Crippen LogP contribution < -0.4 is 14.8 Å². The number of likely N-dealkylation sites (N-methyl/N-ethyl adjacent to an activating group) is 1. The van der Waals surface area contributed by atoms with Crippen LogP contribution >= 0.6 is 11.6 Å². The number of allylic oxidation sites excluding steroid dienone is 1. The van der Waals surface area contributed by atoms with Crippen LogP contribution in [-0.4, -0.2) is 131 Å².